The molecular weight excluding hydrogens is 264 g/mol. The van der Waals surface area contributed by atoms with Crippen molar-refractivity contribution < 1.29 is 4.79 Å². The van der Waals surface area contributed by atoms with Crippen LogP contribution in [0.5, 0.6) is 0 Å². The molecule has 0 radical (unpaired) electrons. The van der Waals surface area contributed by atoms with Crippen molar-refractivity contribution in [3.63, 3.8) is 0 Å². The number of pyridine rings is 1. The van der Waals surface area contributed by atoms with E-state index in [1.807, 2.05) is 28.9 Å². The molecule has 1 fully saturated rings. The average Bonchev–Trinajstić information content (AvgIpc) is 2.95. The van der Waals surface area contributed by atoms with Gasteiger partial charge in [-0.25, -0.2) is 4.98 Å². The van der Waals surface area contributed by atoms with Gasteiger partial charge in [0, 0.05) is 37.9 Å². The van der Waals surface area contributed by atoms with Gasteiger partial charge in [0.1, 0.15) is 5.65 Å². The summed E-state index contributed by atoms with van der Waals surface area (Å²) in [5.74, 6) is 0.147. The zero-order valence-electron chi connectivity index (χ0n) is 10.4. The first-order valence-corrected chi connectivity index (χ1v) is 6.72. The largest absolute Gasteiger partial charge is 0.352 e. The number of nitrogens with zero attached hydrogens (tertiary/aromatic N) is 2. The minimum Gasteiger partial charge on any atom is -0.352 e. The summed E-state index contributed by atoms with van der Waals surface area (Å²) in [6.45, 7) is 1.46. The van der Waals surface area contributed by atoms with Crippen LogP contribution in [0, 0.1) is 0 Å². The van der Waals surface area contributed by atoms with E-state index in [1.54, 1.807) is 0 Å². The van der Waals surface area contributed by atoms with Crippen molar-refractivity contribution >= 4 is 23.2 Å². The van der Waals surface area contributed by atoms with Crippen molar-refractivity contribution in [1.29, 1.82) is 0 Å². The first kappa shape index (κ1) is 12.4. The number of nitrogens with one attached hydrogen (secondary N) is 2. The normalized spacial score (nSPS) is 19.0. The van der Waals surface area contributed by atoms with Crippen LogP contribution in [0.1, 0.15) is 18.5 Å². The third-order valence-electron chi connectivity index (χ3n) is 3.25. The van der Waals surface area contributed by atoms with Crippen LogP contribution < -0.4 is 10.6 Å². The van der Waals surface area contributed by atoms with Gasteiger partial charge in [-0.15, -0.1) is 0 Å². The van der Waals surface area contributed by atoms with Crippen LogP contribution in [0.2, 0.25) is 5.02 Å². The lowest BCUT2D eigenvalue weighted by molar-refractivity contribution is -0.119. The quantitative estimate of drug-likeness (QED) is 0.888. The van der Waals surface area contributed by atoms with Gasteiger partial charge in [-0.2, -0.15) is 0 Å². The van der Waals surface area contributed by atoms with Gasteiger partial charge in [-0.1, -0.05) is 11.6 Å². The minimum atomic E-state index is 0.147. The Bertz CT molecular complexity index is 610. The number of carbonyl (C=O) groups is 1. The highest BCUT2D eigenvalue weighted by Crippen LogP contribution is 2.12. The third-order valence-corrected chi connectivity index (χ3v) is 3.47. The molecule has 3 rings (SSSR count). The molecular formula is C13H15ClN4O. The lowest BCUT2D eigenvalue weighted by atomic mass is 10.2. The second-order valence-electron chi connectivity index (χ2n) is 4.78. The molecule has 1 aliphatic heterocycles. The predicted octanol–water partition coefficient (Wildman–Crippen LogP) is 1.36. The Labute approximate surface area is 116 Å². The Morgan fingerprint density at radius 2 is 2.37 bits per heavy atom. The Morgan fingerprint density at radius 3 is 3.16 bits per heavy atom. The molecule has 0 aliphatic carbocycles. The van der Waals surface area contributed by atoms with Gasteiger partial charge in [0.15, 0.2) is 0 Å². The summed E-state index contributed by atoms with van der Waals surface area (Å²) in [7, 11) is 0. The molecule has 0 spiro atoms. The van der Waals surface area contributed by atoms with E-state index in [4.69, 9.17) is 11.6 Å². The maximum absolute atomic E-state index is 11.1. The van der Waals surface area contributed by atoms with Gasteiger partial charge in [0.25, 0.3) is 0 Å². The molecule has 6 heteroatoms. The number of fused-ring (bicyclic) bond motifs is 1. The average molecular weight is 279 g/mol. The van der Waals surface area contributed by atoms with Gasteiger partial charge < -0.3 is 15.0 Å². The lowest BCUT2D eigenvalue weighted by Gasteiger charge is -2.09. The SMILES string of the molecule is O=C1CCC(CNCc2cn3cc(Cl)ccc3n2)N1. The summed E-state index contributed by atoms with van der Waals surface area (Å²) < 4.78 is 1.91. The molecule has 1 amide bonds. The zero-order valence-corrected chi connectivity index (χ0v) is 11.2. The molecule has 2 aromatic heterocycles. The molecule has 2 N–H and O–H groups in total. The van der Waals surface area contributed by atoms with Crippen LogP contribution in [0.15, 0.2) is 24.5 Å². The van der Waals surface area contributed by atoms with E-state index in [9.17, 15) is 4.79 Å². The second kappa shape index (κ2) is 5.19. The van der Waals surface area contributed by atoms with E-state index in [1.165, 1.54) is 0 Å². The number of hydrogen-bond donors (Lipinski definition) is 2. The van der Waals surface area contributed by atoms with Crippen molar-refractivity contribution in [3.8, 4) is 0 Å². The highest BCUT2D eigenvalue weighted by molar-refractivity contribution is 6.30. The Morgan fingerprint density at radius 1 is 1.47 bits per heavy atom. The molecule has 2 aromatic rings. The Kier molecular flexibility index (Phi) is 3.40. The molecule has 0 saturated carbocycles. The predicted molar refractivity (Wildman–Crippen MR) is 73.1 cm³/mol. The first-order valence-electron chi connectivity index (χ1n) is 6.34. The fourth-order valence-corrected chi connectivity index (χ4v) is 2.48. The molecule has 0 aromatic carbocycles. The number of halogens is 1. The van der Waals surface area contributed by atoms with Crippen molar-refractivity contribution in [3.05, 3.63) is 35.2 Å². The van der Waals surface area contributed by atoms with Crippen LogP contribution in [0.25, 0.3) is 5.65 Å². The van der Waals surface area contributed by atoms with Crippen LogP contribution in [0.3, 0.4) is 0 Å². The number of aromatic nitrogens is 2. The monoisotopic (exact) mass is 278 g/mol. The summed E-state index contributed by atoms with van der Waals surface area (Å²) in [4.78, 5) is 15.6. The highest BCUT2D eigenvalue weighted by atomic mass is 35.5. The van der Waals surface area contributed by atoms with Crippen molar-refractivity contribution in [2.24, 2.45) is 0 Å². The third kappa shape index (κ3) is 2.88. The van der Waals surface area contributed by atoms with E-state index < -0.39 is 0 Å². The maximum Gasteiger partial charge on any atom is 0.220 e. The molecule has 1 atom stereocenters. The van der Waals surface area contributed by atoms with E-state index in [0.717, 1.165) is 24.3 Å². The van der Waals surface area contributed by atoms with E-state index >= 15 is 0 Å². The van der Waals surface area contributed by atoms with Crippen LogP contribution in [0.4, 0.5) is 0 Å². The molecule has 100 valence electrons. The highest BCUT2D eigenvalue weighted by Gasteiger charge is 2.19. The standard InChI is InChI=1S/C13H15ClN4O/c14-9-1-3-12-16-11(8-18(12)7-9)6-15-5-10-2-4-13(19)17-10/h1,3,7-8,10,15H,2,4-6H2,(H,17,19). The Balaban J connectivity index is 1.58. The topological polar surface area (TPSA) is 58.4 Å². The van der Waals surface area contributed by atoms with E-state index in [0.29, 0.717) is 18.0 Å². The number of hydrogen-bond acceptors (Lipinski definition) is 3. The minimum absolute atomic E-state index is 0.147. The fourth-order valence-electron chi connectivity index (χ4n) is 2.31. The van der Waals surface area contributed by atoms with Crippen molar-refractivity contribution in [1.82, 2.24) is 20.0 Å². The molecule has 5 nitrogen and oxygen atoms in total. The maximum atomic E-state index is 11.1. The van der Waals surface area contributed by atoms with Gasteiger partial charge in [-0.3, -0.25) is 4.79 Å². The number of carbonyl (C=O) groups excluding carboxylic acids is 1. The first-order chi connectivity index (χ1) is 9.20. The van der Waals surface area contributed by atoms with Gasteiger partial charge in [0.2, 0.25) is 5.91 Å². The van der Waals surface area contributed by atoms with Crippen LogP contribution in [-0.4, -0.2) is 27.9 Å². The number of amides is 1. The van der Waals surface area contributed by atoms with Gasteiger partial charge >= 0.3 is 0 Å². The Hall–Kier alpha value is -1.59. The van der Waals surface area contributed by atoms with Crippen molar-refractivity contribution in [2.75, 3.05) is 6.54 Å². The lowest BCUT2D eigenvalue weighted by Crippen LogP contribution is -2.35. The number of imidazole rings is 1. The zero-order chi connectivity index (χ0) is 13.2. The molecule has 1 saturated heterocycles. The molecule has 0 bridgehead atoms. The summed E-state index contributed by atoms with van der Waals surface area (Å²) in [6, 6.07) is 3.97. The summed E-state index contributed by atoms with van der Waals surface area (Å²) in [5.41, 5.74) is 1.85. The van der Waals surface area contributed by atoms with Crippen LogP contribution >= 0.6 is 11.6 Å². The molecule has 1 unspecified atom stereocenters. The van der Waals surface area contributed by atoms with Gasteiger partial charge in [0.05, 0.1) is 10.7 Å². The van der Waals surface area contributed by atoms with Gasteiger partial charge in [-0.05, 0) is 18.6 Å². The van der Waals surface area contributed by atoms with Crippen molar-refractivity contribution in [2.45, 2.75) is 25.4 Å². The molecule has 3 heterocycles. The van der Waals surface area contributed by atoms with E-state index in [2.05, 4.69) is 15.6 Å². The fraction of sp³-hybridized carbons (Fsp3) is 0.385. The van der Waals surface area contributed by atoms with E-state index in [-0.39, 0.29) is 11.9 Å². The summed E-state index contributed by atoms with van der Waals surface area (Å²) in [5, 5.41) is 6.94. The second-order valence-corrected chi connectivity index (χ2v) is 5.22. The number of rotatable bonds is 4. The molecule has 1 aliphatic rings. The summed E-state index contributed by atoms with van der Waals surface area (Å²) in [6.07, 6.45) is 5.35. The smallest absolute Gasteiger partial charge is 0.220 e. The summed E-state index contributed by atoms with van der Waals surface area (Å²) >= 11 is 5.93. The van der Waals surface area contributed by atoms with Crippen LogP contribution in [-0.2, 0) is 11.3 Å². The molecule has 19 heavy (non-hydrogen) atoms.